The van der Waals surface area contributed by atoms with Gasteiger partial charge in [0.05, 0.1) is 0 Å². The standard InChI is InChI=1S/C19H30N4O3/c1-14-10-23(19(26)21-18(14)25)13-17(24)20-16-8-5-9-22(12-16)11-15-6-3-2-4-7-15/h10,15-16H,2-9,11-13H2,1H3,(H,20,24)(H,21,25,26). The van der Waals surface area contributed by atoms with Gasteiger partial charge in [-0.3, -0.25) is 19.1 Å². The molecule has 1 aliphatic heterocycles. The molecule has 1 saturated heterocycles. The van der Waals surface area contributed by atoms with E-state index in [0.29, 0.717) is 5.56 Å². The first-order valence-electron chi connectivity index (χ1n) is 9.83. The monoisotopic (exact) mass is 362 g/mol. The van der Waals surface area contributed by atoms with Crippen LogP contribution < -0.4 is 16.6 Å². The maximum Gasteiger partial charge on any atom is 0.328 e. The number of amides is 1. The molecule has 0 aromatic carbocycles. The number of carbonyl (C=O) groups excluding carboxylic acids is 1. The molecular formula is C19H30N4O3. The van der Waals surface area contributed by atoms with Crippen molar-refractivity contribution in [1.29, 1.82) is 0 Å². The van der Waals surface area contributed by atoms with Gasteiger partial charge in [0.15, 0.2) is 0 Å². The van der Waals surface area contributed by atoms with Crippen LogP contribution >= 0.6 is 0 Å². The van der Waals surface area contributed by atoms with Gasteiger partial charge in [0.1, 0.15) is 6.54 Å². The van der Waals surface area contributed by atoms with Crippen LogP contribution in [-0.4, -0.2) is 46.0 Å². The number of aromatic nitrogens is 2. The van der Waals surface area contributed by atoms with Crippen molar-refractivity contribution in [2.45, 2.75) is 64.5 Å². The number of carbonyl (C=O) groups is 1. The maximum atomic E-state index is 12.3. The SMILES string of the molecule is Cc1cn(CC(=O)NC2CCCN(CC3CCCCC3)C2)c(=O)[nH]c1=O. The van der Waals surface area contributed by atoms with E-state index in [1.165, 1.54) is 42.9 Å². The van der Waals surface area contributed by atoms with Crippen LogP contribution in [0.25, 0.3) is 0 Å². The fourth-order valence-electron chi connectivity index (χ4n) is 4.24. The van der Waals surface area contributed by atoms with E-state index in [2.05, 4.69) is 15.2 Å². The third-order valence-electron chi connectivity index (χ3n) is 5.61. The molecule has 2 fully saturated rings. The van der Waals surface area contributed by atoms with E-state index in [0.717, 1.165) is 38.4 Å². The summed E-state index contributed by atoms with van der Waals surface area (Å²) in [5, 5.41) is 3.06. The number of rotatable bonds is 5. The number of hydrogen-bond donors (Lipinski definition) is 2. The summed E-state index contributed by atoms with van der Waals surface area (Å²) in [4.78, 5) is 40.3. The molecule has 0 bridgehead atoms. The number of aryl methyl sites for hydroxylation is 1. The van der Waals surface area contributed by atoms with Crippen LogP contribution in [-0.2, 0) is 11.3 Å². The third kappa shape index (κ3) is 5.06. The zero-order valence-electron chi connectivity index (χ0n) is 15.6. The summed E-state index contributed by atoms with van der Waals surface area (Å²) in [6.45, 7) is 4.71. The van der Waals surface area contributed by atoms with Crippen molar-refractivity contribution < 1.29 is 4.79 Å². The lowest BCUT2D eigenvalue weighted by molar-refractivity contribution is -0.122. The van der Waals surface area contributed by atoms with E-state index in [-0.39, 0.29) is 18.5 Å². The highest BCUT2D eigenvalue weighted by molar-refractivity contribution is 5.76. The van der Waals surface area contributed by atoms with E-state index in [1.54, 1.807) is 6.92 Å². The van der Waals surface area contributed by atoms with Crippen LogP contribution in [0, 0.1) is 12.8 Å². The molecule has 1 atom stereocenters. The van der Waals surface area contributed by atoms with Gasteiger partial charge >= 0.3 is 5.69 Å². The van der Waals surface area contributed by atoms with Crippen LogP contribution in [0.3, 0.4) is 0 Å². The summed E-state index contributed by atoms with van der Waals surface area (Å²) in [6, 6.07) is 0.138. The fraction of sp³-hybridized carbons (Fsp3) is 0.737. The number of hydrogen-bond acceptors (Lipinski definition) is 4. The van der Waals surface area contributed by atoms with Gasteiger partial charge in [0.2, 0.25) is 5.91 Å². The summed E-state index contributed by atoms with van der Waals surface area (Å²) in [5.74, 6) is 0.629. The lowest BCUT2D eigenvalue weighted by atomic mass is 9.88. The first kappa shape index (κ1) is 18.9. The van der Waals surface area contributed by atoms with Crippen LogP contribution in [0.4, 0.5) is 0 Å². The molecule has 0 radical (unpaired) electrons. The van der Waals surface area contributed by atoms with Crippen molar-refractivity contribution in [3.05, 3.63) is 32.6 Å². The molecule has 1 saturated carbocycles. The quantitative estimate of drug-likeness (QED) is 0.818. The Hall–Kier alpha value is -1.89. The molecule has 1 amide bonds. The van der Waals surface area contributed by atoms with Gasteiger partial charge in [-0.15, -0.1) is 0 Å². The van der Waals surface area contributed by atoms with Crippen molar-refractivity contribution in [3.8, 4) is 0 Å². The molecule has 7 nitrogen and oxygen atoms in total. The van der Waals surface area contributed by atoms with Gasteiger partial charge in [-0.1, -0.05) is 19.3 Å². The zero-order valence-corrected chi connectivity index (χ0v) is 15.6. The van der Waals surface area contributed by atoms with Gasteiger partial charge in [-0.05, 0) is 45.1 Å². The Bertz CT molecular complexity index is 733. The molecule has 1 unspecified atom stereocenters. The largest absolute Gasteiger partial charge is 0.351 e. The number of H-pyrrole nitrogens is 1. The van der Waals surface area contributed by atoms with E-state index in [1.807, 2.05) is 0 Å². The summed E-state index contributed by atoms with van der Waals surface area (Å²) in [6.07, 6.45) is 10.3. The molecule has 26 heavy (non-hydrogen) atoms. The Morgan fingerprint density at radius 1 is 1.19 bits per heavy atom. The average molecular weight is 362 g/mol. The molecule has 3 rings (SSSR count). The van der Waals surface area contributed by atoms with Crippen LogP contribution in [0.5, 0.6) is 0 Å². The van der Waals surface area contributed by atoms with Gasteiger partial charge in [-0.25, -0.2) is 4.79 Å². The Morgan fingerprint density at radius 2 is 1.96 bits per heavy atom. The summed E-state index contributed by atoms with van der Waals surface area (Å²) >= 11 is 0. The Morgan fingerprint density at radius 3 is 2.73 bits per heavy atom. The van der Waals surface area contributed by atoms with Gasteiger partial charge in [0.25, 0.3) is 5.56 Å². The lowest BCUT2D eigenvalue weighted by Crippen LogP contribution is -2.50. The minimum absolute atomic E-state index is 0.0599. The molecule has 0 spiro atoms. The van der Waals surface area contributed by atoms with Crippen molar-refractivity contribution in [2.24, 2.45) is 5.92 Å². The van der Waals surface area contributed by atoms with Gasteiger partial charge < -0.3 is 10.2 Å². The number of nitrogens with zero attached hydrogens (tertiary/aromatic N) is 2. The topological polar surface area (TPSA) is 87.2 Å². The summed E-state index contributed by atoms with van der Waals surface area (Å²) < 4.78 is 1.26. The first-order valence-corrected chi connectivity index (χ1v) is 9.83. The normalized spacial score (nSPS) is 22.3. The molecule has 144 valence electrons. The second-order valence-electron chi connectivity index (χ2n) is 7.87. The van der Waals surface area contributed by atoms with Crippen molar-refractivity contribution >= 4 is 5.91 Å². The highest BCUT2D eigenvalue weighted by Crippen LogP contribution is 2.25. The summed E-state index contributed by atoms with van der Waals surface area (Å²) in [5.41, 5.74) is -0.524. The predicted molar refractivity (Wildman–Crippen MR) is 100 cm³/mol. The molecule has 2 N–H and O–H groups in total. The minimum atomic E-state index is -0.543. The van der Waals surface area contributed by atoms with Gasteiger partial charge in [0, 0.05) is 30.9 Å². The van der Waals surface area contributed by atoms with Crippen molar-refractivity contribution in [1.82, 2.24) is 19.8 Å². The van der Waals surface area contributed by atoms with Crippen LogP contribution in [0.15, 0.2) is 15.8 Å². The minimum Gasteiger partial charge on any atom is -0.351 e. The van der Waals surface area contributed by atoms with E-state index in [4.69, 9.17) is 0 Å². The second-order valence-corrected chi connectivity index (χ2v) is 7.87. The van der Waals surface area contributed by atoms with E-state index < -0.39 is 11.2 Å². The molecule has 2 aliphatic rings. The van der Waals surface area contributed by atoms with E-state index >= 15 is 0 Å². The third-order valence-corrected chi connectivity index (χ3v) is 5.61. The molecule has 7 heteroatoms. The maximum absolute atomic E-state index is 12.3. The molecule has 2 heterocycles. The van der Waals surface area contributed by atoms with Crippen LogP contribution in [0.2, 0.25) is 0 Å². The Balaban J connectivity index is 1.51. The van der Waals surface area contributed by atoms with Crippen molar-refractivity contribution in [2.75, 3.05) is 19.6 Å². The van der Waals surface area contributed by atoms with E-state index in [9.17, 15) is 14.4 Å². The van der Waals surface area contributed by atoms with Crippen LogP contribution in [0.1, 0.15) is 50.5 Å². The molecule has 1 aromatic rings. The number of likely N-dealkylation sites (tertiary alicyclic amines) is 1. The molecule has 1 aliphatic carbocycles. The second kappa shape index (κ2) is 8.66. The molecule has 1 aromatic heterocycles. The average Bonchev–Trinajstić information content (AvgIpc) is 2.61. The lowest BCUT2D eigenvalue weighted by Gasteiger charge is -2.36. The highest BCUT2D eigenvalue weighted by atomic mass is 16.2. The number of nitrogens with one attached hydrogen (secondary N) is 2. The number of aromatic amines is 1. The summed E-state index contributed by atoms with van der Waals surface area (Å²) in [7, 11) is 0. The van der Waals surface area contributed by atoms with Gasteiger partial charge in [-0.2, -0.15) is 0 Å². The zero-order chi connectivity index (χ0) is 18.5. The smallest absolute Gasteiger partial charge is 0.328 e. The van der Waals surface area contributed by atoms with Crippen molar-refractivity contribution in [3.63, 3.8) is 0 Å². The number of piperidine rings is 1. The highest BCUT2D eigenvalue weighted by Gasteiger charge is 2.24. The molecular weight excluding hydrogens is 332 g/mol. The first-order chi connectivity index (χ1) is 12.5. The fourth-order valence-corrected chi connectivity index (χ4v) is 4.24. The Kier molecular flexibility index (Phi) is 6.29. The predicted octanol–water partition coefficient (Wildman–Crippen LogP) is 1.01. The Labute approximate surface area is 153 Å².